The molecule has 2 aromatic rings. The van der Waals surface area contributed by atoms with E-state index in [9.17, 15) is 14.4 Å². The lowest BCUT2D eigenvalue weighted by Crippen LogP contribution is -2.51. The molecule has 3 rings (SSSR count). The van der Waals surface area contributed by atoms with Gasteiger partial charge in [-0.25, -0.2) is 0 Å². The van der Waals surface area contributed by atoms with E-state index < -0.39 is 6.04 Å². The van der Waals surface area contributed by atoms with Gasteiger partial charge in [-0.15, -0.1) is 0 Å². The summed E-state index contributed by atoms with van der Waals surface area (Å²) in [7, 11) is 1.54. The number of nitrogens with zero attached hydrogens (tertiary/aromatic N) is 1. The molecule has 2 amide bonds. The Morgan fingerprint density at radius 1 is 1.22 bits per heavy atom. The van der Waals surface area contributed by atoms with Crippen LogP contribution in [-0.2, 0) is 20.7 Å². The van der Waals surface area contributed by atoms with Crippen molar-refractivity contribution in [2.24, 2.45) is 0 Å². The van der Waals surface area contributed by atoms with Crippen LogP contribution in [0.5, 0.6) is 11.5 Å². The summed E-state index contributed by atoms with van der Waals surface area (Å²) in [5.41, 5.74) is 1.87. The quantitative estimate of drug-likeness (QED) is 0.450. The number of hydrogen-bond acceptors (Lipinski definition) is 6. The molecule has 1 unspecified atom stereocenters. The molecule has 2 aromatic carbocycles. The van der Waals surface area contributed by atoms with Gasteiger partial charge in [-0.1, -0.05) is 19.1 Å². The number of Topliss-reactive ketones (excluding diaryl/α,β-unsaturated/α-hetero) is 1. The summed E-state index contributed by atoms with van der Waals surface area (Å²) in [5.74, 6) is 0.138. The van der Waals surface area contributed by atoms with Crippen LogP contribution in [-0.4, -0.2) is 57.1 Å². The third kappa shape index (κ3) is 5.45. The highest BCUT2D eigenvalue weighted by Crippen LogP contribution is 2.34. The van der Waals surface area contributed by atoms with Crippen LogP contribution in [0.1, 0.15) is 29.8 Å². The van der Waals surface area contributed by atoms with E-state index in [0.29, 0.717) is 35.9 Å². The van der Waals surface area contributed by atoms with Crippen molar-refractivity contribution in [2.75, 3.05) is 38.4 Å². The summed E-state index contributed by atoms with van der Waals surface area (Å²) >= 11 is 0. The third-order valence-corrected chi connectivity index (χ3v) is 5.21. The van der Waals surface area contributed by atoms with Gasteiger partial charge in [-0.3, -0.25) is 19.3 Å². The fourth-order valence-electron chi connectivity index (χ4n) is 3.40. The fourth-order valence-corrected chi connectivity index (χ4v) is 3.40. The zero-order valence-electron chi connectivity index (χ0n) is 18.6. The van der Waals surface area contributed by atoms with Gasteiger partial charge in [0.25, 0.3) is 5.91 Å². The third-order valence-electron chi connectivity index (χ3n) is 5.21. The maximum absolute atomic E-state index is 12.8. The lowest BCUT2D eigenvalue weighted by atomic mass is 10.1. The van der Waals surface area contributed by atoms with E-state index in [1.807, 2.05) is 25.1 Å². The van der Waals surface area contributed by atoms with Gasteiger partial charge in [0.1, 0.15) is 17.5 Å². The minimum Gasteiger partial charge on any atom is -0.485 e. The van der Waals surface area contributed by atoms with Gasteiger partial charge >= 0.3 is 0 Å². The van der Waals surface area contributed by atoms with Crippen molar-refractivity contribution in [1.82, 2.24) is 5.32 Å². The normalized spacial score (nSPS) is 13.7. The van der Waals surface area contributed by atoms with Gasteiger partial charge in [0.05, 0.1) is 12.3 Å². The van der Waals surface area contributed by atoms with E-state index in [4.69, 9.17) is 14.2 Å². The van der Waals surface area contributed by atoms with Gasteiger partial charge in [0.15, 0.2) is 19.0 Å². The summed E-state index contributed by atoms with van der Waals surface area (Å²) in [6.07, 6.45) is 0.872. The second-order valence-corrected chi connectivity index (χ2v) is 7.41. The van der Waals surface area contributed by atoms with E-state index in [0.717, 1.165) is 12.0 Å². The number of hydrogen-bond donors (Lipinski definition) is 1. The Hall–Kier alpha value is -3.39. The average Bonchev–Trinajstić information content (AvgIpc) is 2.81. The van der Waals surface area contributed by atoms with Gasteiger partial charge in [0.2, 0.25) is 5.91 Å². The molecule has 1 aliphatic rings. The predicted molar refractivity (Wildman–Crippen MR) is 119 cm³/mol. The number of fused-ring (bicyclic) bond motifs is 1. The predicted octanol–water partition coefficient (Wildman–Crippen LogP) is 2.39. The van der Waals surface area contributed by atoms with Gasteiger partial charge in [-0.2, -0.15) is 0 Å². The fraction of sp³-hybridized carbons (Fsp3) is 0.375. The van der Waals surface area contributed by atoms with Gasteiger partial charge in [-0.05, 0) is 49.2 Å². The Labute approximate surface area is 187 Å². The summed E-state index contributed by atoms with van der Waals surface area (Å²) in [6.45, 7) is 4.06. The number of ketones is 1. The lowest BCUT2D eigenvalue weighted by Gasteiger charge is -2.33. The molecule has 170 valence electrons. The van der Waals surface area contributed by atoms with E-state index in [1.54, 1.807) is 38.3 Å². The van der Waals surface area contributed by atoms with Crippen molar-refractivity contribution in [3.63, 3.8) is 0 Å². The molecule has 1 heterocycles. The molecule has 0 spiro atoms. The minimum absolute atomic E-state index is 0.145. The van der Waals surface area contributed by atoms with Crippen molar-refractivity contribution in [1.29, 1.82) is 0 Å². The number of carbonyl (C=O) groups excluding carboxylic acids is 3. The standard InChI is InChI=1S/C24H28N2O6/c1-4-17-6-5-7-19(12-17)31-14-21(27)18-8-9-22-20(13-18)26(23(28)15-32-22)16(2)24(29)25-10-11-30-3/h5-9,12-13,16H,4,10-11,14-15H2,1-3H3,(H,25,29). The number of methoxy groups -OCH3 is 1. The number of amides is 2. The molecule has 0 aliphatic carbocycles. The summed E-state index contributed by atoms with van der Waals surface area (Å²) in [6, 6.07) is 11.6. The molecular formula is C24H28N2O6. The zero-order chi connectivity index (χ0) is 23.1. The first-order chi connectivity index (χ1) is 15.4. The number of nitrogens with one attached hydrogen (secondary N) is 1. The van der Waals surface area contributed by atoms with E-state index in [1.165, 1.54) is 4.90 Å². The highest BCUT2D eigenvalue weighted by atomic mass is 16.5. The first kappa shape index (κ1) is 23.3. The Bertz CT molecular complexity index is 990. The molecule has 1 aliphatic heterocycles. The Balaban J connectivity index is 1.76. The number of aryl methyl sites for hydroxylation is 1. The summed E-state index contributed by atoms with van der Waals surface area (Å²) < 4.78 is 16.1. The molecule has 0 aromatic heterocycles. The number of rotatable bonds is 10. The largest absolute Gasteiger partial charge is 0.485 e. The Morgan fingerprint density at radius 2 is 2.03 bits per heavy atom. The first-order valence-electron chi connectivity index (χ1n) is 10.5. The molecule has 1 N–H and O–H groups in total. The highest BCUT2D eigenvalue weighted by Gasteiger charge is 2.33. The molecule has 0 bridgehead atoms. The zero-order valence-corrected chi connectivity index (χ0v) is 18.6. The van der Waals surface area contributed by atoms with Crippen molar-refractivity contribution >= 4 is 23.3 Å². The Morgan fingerprint density at radius 3 is 2.78 bits per heavy atom. The molecule has 0 fully saturated rings. The summed E-state index contributed by atoms with van der Waals surface area (Å²) in [5, 5.41) is 2.73. The summed E-state index contributed by atoms with van der Waals surface area (Å²) in [4.78, 5) is 39.2. The van der Waals surface area contributed by atoms with Crippen LogP contribution in [0.3, 0.4) is 0 Å². The van der Waals surface area contributed by atoms with Crippen LogP contribution in [0.2, 0.25) is 0 Å². The van der Waals surface area contributed by atoms with Crippen LogP contribution in [0.15, 0.2) is 42.5 Å². The molecule has 1 atom stereocenters. The molecular weight excluding hydrogens is 412 g/mol. The van der Waals surface area contributed by atoms with E-state index >= 15 is 0 Å². The van der Waals surface area contributed by atoms with Crippen molar-refractivity contribution in [2.45, 2.75) is 26.3 Å². The molecule has 8 nitrogen and oxygen atoms in total. The van der Waals surface area contributed by atoms with Crippen LogP contribution in [0.4, 0.5) is 5.69 Å². The minimum atomic E-state index is -0.777. The van der Waals surface area contributed by atoms with Crippen molar-refractivity contribution < 1.29 is 28.6 Å². The molecule has 32 heavy (non-hydrogen) atoms. The van der Waals surface area contributed by atoms with Gasteiger partial charge < -0.3 is 19.5 Å². The van der Waals surface area contributed by atoms with Gasteiger partial charge in [0, 0.05) is 19.2 Å². The maximum Gasteiger partial charge on any atom is 0.265 e. The first-order valence-corrected chi connectivity index (χ1v) is 10.5. The topological polar surface area (TPSA) is 94.2 Å². The Kier molecular flexibility index (Phi) is 7.83. The molecule has 8 heteroatoms. The van der Waals surface area contributed by atoms with E-state index in [2.05, 4.69) is 5.32 Å². The second kappa shape index (κ2) is 10.8. The van der Waals surface area contributed by atoms with Crippen LogP contribution >= 0.6 is 0 Å². The lowest BCUT2D eigenvalue weighted by molar-refractivity contribution is -0.127. The number of ether oxygens (including phenoxy) is 3. The van der Waals surface area contributed by atoms with Crippen molar-refractivity contribution in [3.05, 3.63) is 53.6 Å². The van der Waals surface area contributed by atoms with Crippen LogP contribution < -0.4 is 19.7 Å². The van der Waals surface area contributed by atoms with Crippen LogP contribution in [0, 0.1) is 0 Å². The highest BCUT2D eigenvalue weighted by molar-refractivity contribution is 6.05. The van der Waals surface area contributed by atoms with Crippen molar-refractivity contribution in [3.8, 4) is 11.5 Å². The number of carbonyl (C=O) groups is 3. The monoisotopic (exact) mass is 440 g/mol. The molecule has 0 saturated carbocycles. The number of benzene rings is 2. The van der Waals surface area contributed by atoms with Crippen LogP contribution in [0.25, 0.3) is 0 Å². The smallest absolute Gasteiger partial charge is 0.265 e. The molecule has 0 saturated heterocycles. The maximum atomic E-state index is 12.8. The average molecular weight is 440 g/mol. The molecule has 0 radical (unpaired) electrons. The van der Waals surface area contributed by atoms with E-state index in [-0.39, 0.29) is 30.8 Å². The SMILES string of the molecule is CCc1cccc(OCC(=O)c2ccc3c(c2)N(C(C)C(=O)NCCOC)C(=O)CO3)c1. The number of anilines is 1. The second-order valence-electron chi connectivity index (χ2n) is 7.41.